The molecule has 0 radical (unpaired) electrons. The average molecular weight is 497 g/mol. The number of aliphatic hydroxyl groups excluding tert-OH is 1. The highest BCUT2D eigenvalue weighted by Crippen LogP contribution is 2.42. The summed E-state index contributed by atoms with van der Waals surface area (Å²) in [4.78, 5) is 7.47. The van der Waals surface area contributed by atoms with Crippen LogP contribution in [0, 0.1) is 5.41 Å². The zero-order chi connectivity index (χ0) is 17.6. The monoisotopic (exact) mass is 497 g/mol. The fourth-order valence-corrected chi connectivity index (χ4v) is 5.93. The first-order valence-electron chi connectivity index (χ1n) is 10.1. The minimum atomic E-state index is -0.0913. The van der Waals surface area contributed by atoms with Crippen LogP contribution in [0.2, 0.25) is 0 Å². The van der Waals surface area contributed by atoms with Gasteiger partial charge in [0.15, 0.2) is 5.96 Å². The van der Waals surface area contributed by atoms with E-state index in [9.17, 15) is 5.11 Å². The number of aliphatic imine (C=N–C) groups is 1. The molecule has 7 heteroatoms. The number of nitrogens with one attached hydrogen (secondary N) is 1. The van der Waals surface area contributed by atoms with Gasteiger partial charge in [0.05, 0.1) is 13.2 Å². The molecule has 1 aliphatic carbocycles. The number of guanidine groups is 1. The lowest BCUT2D eigenvalue weighted by Gasteiger charge is -2.45. The van der Waals surface area contributed by atoms with Crippen molar-refractivity contribution in [1.29, 1.82) is 0 Å². The number of nitrogens with zero attached hydrogens (tertiary/aromatic N) is 2. The van der Waals surface area contributed by atoms with Gasteiger partial charge in [-0.1, -0.05) is 19.3 Å². The molecule has 2 aliphatic heterocycles. The number of aliphatic hydroxyl groups is 1. The maximum Gasteiger partial charge on any atom is 0.194 e. The number of halogens is 1. The summed E-state index contributed by atoms with van der Waals surface area (Å²) >= 11 is 2.19. The Morgan fingerprint density at radius 2 is 1.92 bits per heavy atom. The van der Waals surface area contributed by atoms with E-state index in [2.05, 4.69) is 28.9 Å². The lowest BCUT2D eigenvalue weighted by atomic mass is 9.81. The third-order valence-corrected chi connectivity index (χ3v) is 7.64. The maximum absolute atomic E-state index is 9.93. The van der Waals surface area contributed by atoms with Gasteiger partial charge in [0.25, 0.3) is 0 Å². The summed E-state index contributed by atoms with van der Waals surface area (Å²) in [5.74, 6) is 2.25. The molecule has 2 N–H and O–H groups in total. The minimum Gasteiger partial charge on any atom is -0.396 e. The van der Waals surface area contributed by atoms with Gasteiger partial charge in [-0.3, -0.25) is 4.99 Å². The summed E-state index contributed by atoms with van der Waals surface area (Å²) in [6.07, 6.45) is 8.68. The van der Waals surface area contributed by atoms with Crippen molar-refractivity contribution in [2.24, 2.45) is 10.4 Å². The van der Waals surface area contributed by atoms with Crippen LogP contribution in [0.5, 0.6) is 0 Å². The van der Waals surface area contributed by atoms with Gasteiger partial charge in [-0.2, -0.15) is 11.8 Å². The van der Waals surface area contributed by atoms with Crippen molar-refractivity contribution in [2.45, 2.75) is 56.6 Å². The second-order valence-electron chi connectivity index (χ2n) is 7.95. The molecule has 26 heavy (non-hydrogen) atoms. The lowest BCUT2D eigenvalue weighted by molar-refractivity contribution is -0.0107. The molecule has 0 bridgehead atoms. The fourth-order valence-electron chi connectivity index (χ4n) is 4.36. The highest BCUT2D eigenvalue weighted by Gasteiger charge is 2.38. The summed E-state index contributed by atoms with van der Waals surface area (Å²) in [5.41, 5.74) is -0.0913. The van der Waals surface area contributed by atoms with Gasteiger partial charge >= 0.3 is 0 Å². The molecule has 0 amide bonds. The van der Waals surface area contributed by atoms with Crippen LogP contribution in [-0.4, -0.2) is 72.5 Å². The molecular weight excluding hydrogens is 461 g/mol. The van der Waals surface area contributed by atoms with Crippen LogP contribution in [0.3, 0.4) is 0 Å². The van der Waals surface area contributed by atoms with Crippen LogP contribution in [-0.2, 0) is 4.74 Å². The molecule has 1 saturated carbocycles. The average Bonchev–Trinajstić information content (AvgIpc) is 2.66. The topological polar surface area (TPSA) is 57.1 Å². The summed E-state index contributed by atoms with van der Waals surface area (Å²) < 4.78 is 5.93. The smallest absolute Gasteiger partial charge is 0.194 e. The Labute approximate surface area is 180 Å². The largest absolute Gasteiger partial charge is 0.396 e. The second-order valence-corrected chi connectivity index (χ2v) is 9.52. The normalized spacial score (nSPS) is 25.6. The van der Waals surface area contributed by atoms with Gasteiger partial charge in [0, 0.05) is 48.8 Å². The molecular formula is C19H36IN3O2S. The molecule has 0 unspecified atom stereocenters. The van der Waals surface area contributed by atoms with Crippen molar-refractivity contribution < 1.29 is 9.84 Å². The summed E-state index contributed by atoms with van der Waals surface area (Å²) in [6, 6.07) is 0. The Morgan fingerprint density at radius 1 is 1.19 bits per heavy atom. The number of rotatable bonds is 4. The second kappa shape index (κ2) is 10.7. The fraction of sp³-hybridized carbons (Fsp3) is 0.947. The van der Waals surface area contributed by atoms with E-state index < -0.39 is 0 Å². The van der Waals surface area contributed by atoms with E-state index in [4.69, 9.17) is 9.73 Å². The highest BCUT2D eigenvalue weighted by atomic mass is 127. The van der Waals surface area contributed by atoms with Gasteiger partial charge in [-0.05, 0) is 32.6 Å². The molecule has 0 aromatic heterocycles. The SMILES string of the molecule is CCNC(=NCC1(CO)CCOCC1)N1CCSC2(CCCCC2)C1.I. The Balaban J connectivity index is 0.00000243. The molecule has 0 aromatic rings. The molecule has 5 nitrogen and oxygen atoms in total. The number of thioether (sulfide) groups is 1. The Kier molecular flexibility index (Phi) is 9.30. The van der Waals surface area contributed by atoms with Gasteiger partial charge in [-0.25, -0.2) is 0 Å². The van der Waals surface area contributed by atoms with E-state index >= 15 is 0 Å². The van der Waals surface area contributed by atoms with Crippen LogP contribution in [0.4, 0.5) is 0 Å². The van der Waals surface area contributed by atoms with E-state index in [1.807, 2.05) is 0 Å². The summed E-state index contributed by atoms with van der Waals surface area (Å²) in [5, 5.41) is 13.4. The van der Waals surface area contributed by atoms with Gasteiger partial charge in [0.2, 0.25) is 0 Å². The Morgan fingerprint density at radius 3 is 2.58 bits per heavy atom. The molecule has 0 aromatic carbocycles. The molecule has 0 atom stereocenters. The van der Waals surface area contributed by atoms with Crippen LogP contribution in [0.15, 0.2) is 4.99 Å². The van der Waals surface area contributed by atoms with Gasteiger partial charge < -0.3 is 20.1 Å². The van der Waals surface area contributed by atoms with E-state index in [1.54, 1.807) is 0 Å². The van der Waals surface area contributed by atoms with E-state index in [0.717, 1.165) is 51.6 Å². The van der Waals surface area contributed by atoms with E-state index in [-0.39, 0.29) is 36.0 Å². The molecule has 3 rings (SSSR count). The maximum atomic E-state index is 9.93. The number of hydrogen-bond donors (Lipinski definition) is 2. The van der Waals surface area contributed by atoms with Crippen molar-refractivity contribution in [3.63, 3.8) is 0 Å². The third kappa shape index (κ3) is 5.64. The quantitative estimate of drug-likeness (QED) is 0.355. The van der Waals surface area contributed by atoms with Crippen LogP contribution in [0.1, 0.15) is 51.9 Å². The van der Waals surface area contributed by atoms with Crippen molar-refractivity contribution in [1.82, 2.24) is 10.2 Å². The summed E-state index contributed by atoms with van der Waals surface area (Å²) in [6.45, 7) is 7.63. The third-order valence-electron chi connectivity index (χ3n) is 6.10. The highest BCUT2D eigenvalue weighted by molar-refractivity contribution is 14.0. The first kappa shape index (κ1) is 22.6. The number of ether oxygens (including phenoxy) is 1. The predicted molar refractivity (Wildman–Crippen MR) is 121 cm³/mol. The zero-order valence-electron chi connectivity index (χ0n) is 16.2. The van der Waals surface area contributed by atoms with Crippen molar-refractivity contribution in [2.75, 3.05) is 51.8 Å². The van der Waals surface area contributed by atoms with Gasteiger partial charge in [-0.15, -0.1) is 24.0 Å². The molecule has 3 fully saturated rings. The van der Waals surface area contributed by atoms with Gasteiger partial charge in [0.1, 0.15) is 0 Å². The van der Waals surface area contributed by atoms with Crippen molar-refractivity contribution in [3.8, 4) is 0 Å². The predicted octanol–water partition coefficient (Wildman–Crippen LogP) is 3.11. The van der Waals surface area contributed by atoms with Crippen molar-refractivity contribution in [3.05, 3.63) is 0 Å². The minimum absolute atomic E-state index is 0. The molecule has 152 valence electrons. The standard InChI is InChI=1S/C19H35N3O2S.HI/c1-2-20-17(21-14-18(16-23)8-11-24-12-9-18)22-10-13-25-19(15-22)6-4-3-5-7-19;/h23H,2-16H2,1H3,(H,20,21);1H. The Bertz CT molecular complexity index is 447. The van der Waals surface area contributed by atoms with E-state index in [0.29, 0.717) is 11.3 Å². The molecule has 2 saturated heterocycles. The van der Waals surface area contributed by atoms with Crippen LogP contribution >= 0.6 is 35.7 Å². The summed E-state index contributed by atoms with van der Waals surface area (Å²) in [7, 11) is 0. The number of hydrogen-bond acceptors (Lipinski definition) is 4. The van der Waals surface area contributed by atoms with Crippen LogP contribution < -0.4 is 5.32 Å². The molecule has 1 spiro atoms. The lowest BCUT2D eigenvalue weighted by Crippen LogP contribution is -2.53. The van der Waals surface area contributed by atoms with E-state index in [1.165, 1.54) is 37.9 Å². The van der Waals surface area contributed by atoms with Crippen molar-refractivity contribution >= 4 is 41.7 Å². The first-order chi connectivity index (χ1) is 12.2. The molecule has 2 heterocycles. The molecule has 3 aliphatic rings. The first-order valence-corrected chi connectivity index (χ1v) is 11.1. The zero-order valence-corrected chi connectivity index (χ0v) is 19.3. The Hall–Kier alpha value is 0.270. The van der Waals surface area contributed by atoms with Crippen LogP contribution in [0.25, 0.3) is 0 Å².